The molecule has 9 N–H and O–H groups in total. The highest BCUT2D eigenvalue weighted by Crippen LogP contribution is 2.03. The Labute approximate surface area is 158 Å². The van der Waals surface area contributed by atoms with Crippen molar-refractivity contribution in [1.29, 1.82) is 0 Å². The highest BCUT2D eigenvalue weighted by atomic mass is 16.2. The van der Waals surface area contributed by atoms with E-state index in [-0.39, 0.29) is 24.8 Å². The predicted octanol–water partition coefficient (Wildman–Crippen LogP) is -2.18. The summed E-state index contributed by atoms with van der Waals surface area (Å²) in [6, 6.07) is -2.58. The second-order valence-corrected chi connectivity index (χ2v) is 6.18. The van der Waals surface area contributed by atoms with Gasteiger partial charge in [-0.25, -0.2) is 0 Å². The van der Waals surface area contributed by atoms with Crippen molar-refractivity contribution in [3.05, 3.63) is 0 Å². The van der Waals surface area contributed by atoms with Gasteiger partial charge in [-0.3, -0.25) is 24.2 Å². The fraction of sp³-hybridized carbons (Fsp3) is 0.688. The molecule has 27 heavy (non-hydrogen) atoms. The van der Waals surface area contributed by atoms with Crippen LogP contribution in [-0.4, -0.2) is 54.3 Å². The molecule has 0 aromatic heterocycles. The third-order valence-electron chi connectivity index (χ3n) is 3.63. The fourth-order valence-electron chi connectivity index (χ4n) is 2.29. The second-order valence-electron chi connectivity index (χ2n) is 6.18. The Balaban J connectivity index is 5.06. The lowest BCUT2D eigenvalue weighted by Gasteiger charge is -2.23. The number of guanidine groups is 1. The molecule has 0 heterocycles. The molecule has 0 aliphatic heterocycles. The third-order valence-corrected chi connectivity index (χ3v) is 3.63. The average Bonchev–Trinajstić information content (AvgIpc) is 2.55. The van der Waals surface area contributed by atoms with Crippen molar-refractivity contribution in [2.24, 2.45) is 22.2 Å². The van der Waals surface area contributed by atoms with Crippen molar-refractivity contribution in [2.75, 3.05) is 6.54 Å². The van der Waals surface area contributed by atoms with Gasteiger partial charge >= 0.3 is 0 Å². The highest BCUT2D eigenvalue weighted by molar-refractivity contribution is 5.93. The lowest BCUT2D eigenvalue weighted by molar-refractivity contribution is -0.133. The summed E-state index contributed by atoms with van der Waals surface area (Å²) in [5.41, 5.74) is 15.8. The molecule has 0 rings (SSSR count). The quantitative estimate of drug-likeness (QED) is 0.125. The summed E-state index contributed by atoms with van der Waals surface area (Å²) in [5.74, 6) is -2.17. The van der Waals surface area contributed by atoms with Crippen LogP contribution in [0.25, 0.3) is 0 Å². The largest absolute Gasteiger partial charge is 0.370 e. The molecular weight excluding hydrogens is 354 g/mol. The first-order chi connectivity index (χ1) is 12.6. The first-order valence-corrected chi connectivity index (χ1v) is 8.81. The second kappa shape index (κ2) is 12.5. The standard InChI is InChI=1S/C16H31N7O4/c1-4-6-11(13(17)25)22-15(27)12(7-5-8-20-16(18)19)23-14(26)9(2)21-10(3)24/h9,11-12H,4-8H2,1-3H3,(H2,17,25)(H,21,24)(H,22,27)(H,23,26)(H4,18,19,20)/t9-,11-,12-/m0/s1. The van der Waals surface area contributed by atoms with E-state index in [9.17, 15) is 19.2 Å². The third kappa shape index (κ3) is 10.7. The Hall–Kier alpha value is -2.85. The van der Waals surface area contributed by atoms with Crippen LogP contribution < -0.4 is 33.2 Å². The van der Waals surface area contributed by atoms with E-state index in [0.717, 1.165) is 0 Å². The van der Waals surface area contributed by atoms with E-state index >= 15 is 0 Å². The summed E-state index contributed by atoms with van der Waals surface area (Å²) in [4.78, 5) is 51.1. The van der Waals surface area contributed by atoms with Crippen LogP contribution in [0, 0.1) is 0 Å². The average molecular weight is 385 g/mol. The van der Waals surface area contributed by atoms with E-state index in [1.807, 2.05) is 6.92 Å². The molecule has 0 aromatic rings. The van der Waals surface area contributed by atoms with Gasteiger partial charge in [0, 0.05) is 13.5 Å². The van der Waals surface area contributed by atoms with Crippen LogP contribution in [0.15, 0.2) is 4.99 Å². The number of hydrogen-bond donors (Lipinski definition) is 6. The number of nitrogens with two attached hydrogens (primary N) is 3. The van der Waals surface area contributed by atoms with E-state index in [0.29, 0.717) is 19.3 Å². The number of carbonyl (C=O) groups is 4. The molecule has 3 atom stereocenters. The van der Waals surface area contributed by atoms with Gasteiger partial charge in [-0.05, 0) is 26.2 Å². The molecule has 0 saturated carbocycles. The van der Waals surface area contributed by atoms with E-state index in [2.05, 4.69) is 20.9 Å². The van der Waals surface area contributed by atoms with Gasteiger partial charge in [-0.1, -0.05) is 13.3 Å². The van der Waals surface area contributed by atoms with Crippen LogP contribution in [0.3, 0.4) is 0 Å². The van der Waals surface area contributed by atoms with Gasteiger partial charge in [-0.15, -0.1) is 0 Å². The van der Waals surface area contributed by atoms with Crippen molar-refractivity contribution in [2.45, 2.75) is 64.6 Å². The van der Waals surface area contributed by atoms with Crippen LogP contribution in [0.2, 0.25) is 0 Å². The van der Waals surface area contributed by atoms with Crippen molar-refractivity contribution >= 4 is 29.6 Å². The minimum Gasteiger partial charge on any atom is -0.370 e. The summed E-state index contributed by atoms with van der Waals surface area (Å²) >= 11 is 0. The number of hydrogen-bond acceptors (Lipinski definition) is 5. The maximum atomic E-state index is 12.5. The van der Waals surface area contributed by atoms with E-state index in [1.165, 1.54) is 13.8 Å². The monoisotopic (exact) mass is 385 g/mol. The zero-order chi connectivity index (χ0) is 21.0. The maximum Gasteiger partial charge on any atom is 0.243 e. The number of rotatable bonds is 12. The van der Waals surface area contributed by atoms with Gasteiger partial charge in [0.15, 0.2) is 5.96 Å². The van der Waals surface area contributed by atoms with Crippen molar-refractivity contribution in [3.8, 4) is 0 Å². The predicted molar refractivity (Wildman–Crippen MR) is 101 cm³/mol. The van der Waals surface area contributed by atoms with Crippen LogP contribution in [-0.2, 0) is 19.2 Å². The smallest absolute Gasteiger partial charge is 0.243 e. The van der Waals surface area contributed by atoms with Crippen LogP contribution in [0.4, 0.5) is 0 Å². The van der Waals surface area contributed by atoms with Crippen LogP contribution >= 0.6 is 0 Å². The van der Waals surface area contributed by atoms with Gasteiger partial charge in [0.1, 0.15) is 18.1 Å². The molecular formula is C16H31N7O4. The van der Waals surface area contributed by atoms with Gasteiger partial charge in [0.05, 0.1) is 0 Å². The highest BCUT2D eigenvalue weighted by Gasteiger charge is 2.26. The molecule has 154 valence electrons. The van der Waals surface area contributed by atoms with Crippen LogP contribution in [0.1, 0.15) is 46.5 Å². The van der Waals surface area contributed by atoms with Gasteiger partial charge < -0.3 is 33.2 Å². The maximum absolute atomic E-state index is 12.5. The van der Waals surface area contributed by atoms with E-state index in [1.54, 1.807) is 0 Å². The lowest BCUT2D eigenvalue weighted by Crippen LogP contribution is -2.55. The Morgan fingerprint density at radius 1 is 0.926 bits per heavy atom. The normalized spacial score (nSPS) is 13.6. The minimum absolute atomic E-state index is 0.0731. The molecule has 0 aliphatic rings. The number of aliphatic imine (C=N–C) groups is 1. The minimum atomic E-state index is -0.929. The summed E-state index contributed by atoms with van der Waals surface area (Å²) in [6.45, 7) is 4.91. The Morgan fingerprint density at radius 2 is 1.52 bits per heavy atom. The molecule has 0 bridgehead atoms. The van der Waals surface area contributed by atoms with Crippen molar-refractivity contribution in [1.82, 2.24) is 16.0 Å². The topological polar surface area (TPSA) is 195 Å². The van der Waals surface area contributed by atoms with Gasteiger partial charge in [-0.2, -0.15) is 0 Å². The van der Waals surface area contributed by atoms with Gasteiger partial charge in [0.25, 0.3) is 0 Å². The van der Waals surface area contributed by atoms with Gasteiger partial charge in [0.2, 0.25) is 23.6 Å². The first kappa shape index (κ1) is 24.1. The molecule has 0 spiro atoms. The zero-order valence-electron chi connectivity index (χ0n) is 16.1. The van der Waals surface area contributed by atoms with Crippen LogP contribution in [0.5, 0.6) is 0 Å². The summed E-state index contributed by atoms with van der Waals surface area (Å²) in [5, 5.41) is 7.56. The van der Waals surface area contributed by atoms with E-state index in [4.69, 9.17) is 17.2 Å². The SMILES string of the molecule is CCC[C@H](NC(=O)[C@H](CCCN=C(N)N)NC(=O)[C@H](C)NC(C)=O)C(N)=O. The molecule has 0 unspecified atom stereocenters. The van der Waals surface area contributed by atoms with Crippen molar-refractivity contribution < 1.29 is 19.2 Å². The summed E-state index contributed by atoms with van der Waals surface area (Å²) in [6.07, 6.45) is 1.69. The molecule has 0 aromatic carbocycles. The molecule has 0 saturated heterocycles. The number of nitrogens with zero attached hydrogens (tertiary/aromatic N) is 1. The molecule has 0 fully saturated rings. The fourth-order valence-corrected chi connectivity index (χ4v) is 2.29. The lowest BCUT2D eigenvalue weighted by atomic mass is 10.1. The number of nitrogens with one attached hydrogen (secondary N) is 3. The molecule has 0 aliphatic carbocycles. The first-order valence-electron chi connectivity index (χ1n) is 8.81. The Morgan fingerprint density at radius 3 is 2.00 bits per heavy atom. The zero-order valence-corrected chi connectivity index (χ0v) is 16.1. The van der Waals surface area contributed by atoms with E-state index < -0.39 is 35.8 Å². The Bertz CT molecular complexity index is 561. The summed E-state index contributed by atoms with van der Waals surface area (Å²) < 4.78 is 0. The molecule has 11 heteroatoms. The molecule has 11 nitrogen and oxygen atoms in total. The summed E-state index contributed by atoms with van der Waals surface area (Å²) in [7, 11) is 0. The Kier molecular flexibility index (Phi) is 11.2. The molecule has 4 amide bonds. The molecule has 0 radical (unpaired) electrons. The number of carbonyl (C=O) groups excluding carboxylic acids is 4. The number of primary amides is 1. The number of amides is 4. The van der Waals surface area contributed by atoms with Crippen molar-refractivity contribution in [3.63, 3.8) is 0 Å².